The third kappa shape index (κ3) is 3.11. The first kappa shape index (κ1) is 15.2. The Morgan fingerprint density at radius 3 is 2.74 bits per heavy atom. The summed E-state index contributed by atoms with van der Waals surface area (Å²) in [4.78, 5) is 0.924. The lowest BCUT2D eigenvalue weighted by Gasteiger charge is -2.31. The zero-order valence-corrected chi connectivity index (χ0v) is 14.2. The van der Waals surface area contributed by atoms with Crippen LogP contribution in [0.15, 0.2) is 33.6 Å². The Hall–Kier alpha value is -0.190. The van der Waals surface area contributed by atoms with Crippen molar-refractivity contribution in [3.05, 3.63) is 28.7 Å². The Morgan fingerprint density at radius 1 is 1.42 bits per heavy atom. The molecule has 1 aliphatic rings. The first-order chi connectivity index (χ1) is 8.97. The van der Waals surface area contributed by atoms with Crippen LogP contribution in [0.4, 0.5) is 0 Å². The Labute approximate surface area is 127 Å². The molecule has 3 atom stereocenters. The fourth-order valence-corrected chi connectivity index (χ4v) is 5.58. The monoisotopic (exact) mass is 343 g/mol. The lowest BCUT2D eigenvalue weighted by molar-refractivity contribution is 0.289. The summed E-state index contributed by atoms with van der Waals surface area (Å²) in [5, 5.41) is 3.75. The molecule has 0 saturated heterocycles. The van der Waals surface area contributed by atoms with Crippen LogP contribution in [0, 0.1) is 5.41 Å². The van der Waals surface area contributed by atoms with Gasteiger partial charge in [-0.1, -0.05) is 32.9 Å². The average molecular weight is 344 g/mol. The minimum Gasteiger partial charge on any atom is -0.313 e. The molecule has 0 spiro atoms. The molecule has 1 saturated carbocycles. The summed E-state index contributed by atoms with van der Waals surface area (Å²) in [7, 11) is -0.958. The lowest BCUT2D eigenvalue weighted by Crippen LogP contribution is -2.46. The van der Waals surface area contributed by atoms with Gasteiger partial charge in [0.05, 0.1) is 20.9 Å². The third-order valence-corrected chi connectivity index (χ3v) is 6.84. The number of nitrogens with one attached hydrogen (secondary N) is 1. The highest BCUT2D eigenvalue weighted by molar-refractivity contribution is 9.10. The minimum absolute atomic E-state index is 0.202. The topological polar surface area (TPSA) is 29.1 Å². The van der Waals surface area contributed by atoms with Crippen molar-refractivity contribution >= 4 is 26.7 Å². The van der Waals surface area contributed by atoms with Crippen molar-refractivity contribution in [1.82, 2.24) is 5.32 Å². The predicted octanol–water partition coefficient (Wildman–Crippen LogP) is 3.72. The van der Waals surface area contributed by atoms with Gasteiger partial charge in [-0.25, -0.2) is 0 Å². The second-order valence-corrected chi connectivity index (χ2v) is 8.32. The maximum atomic E-state index is 12.9. The van der Waals surface area contributed by atoms with Gasteiger partial charge in [-0.05, 0) is 52.9 Å². The normalized spacial score (nSPS) is 27.4. The summed E-state index contributed by atoms with van der Waals surface area (Å²) in [6, 6.07) is 8.18. The van der Waals surface area contributed by atoms with Crippen molar-refractivity contribution in [2.24, 2.45) is 5.41 Å². The molecule has 106 valence electrons. The summed E-state index contributed by atoms with van der Waals surface area (Å²) in [5.41, 5.74) is 0.220. The first-order valence-corrected chi connectivity index (χ1v) is 8.86. The largest absolute Gasteiger partial charge is 0.313 e. The molecule has 0 bridgehead atoms. The molecule has 0 radical (unpaired) electrons. The van der Waals surface area contributed by atoms with E-state index < -0.39 is 10.8 Å². The highest BCUT2D eigenvalue weighted by atomic mass is 79.9. The highest BCUT2D eigenvalue weighted by Crippen LogP contribution is 2.41. The molecule has 0 aliphatic heterocycles. The molecule has 0 aromatic heterocycles. The van der Waals surface area contributed by atoms with E-state index in [2.05, 4.69) is 42.0 Å². The van der Waals surface area contributed by atoms with E-state index in [1.54, 1.807) is 0 Å². The smallest absolute Gasteiger partial charge is 0.0588 e. The van der Waals surface area contributed by atoms with Gasteiger partial charge in [0.1, 0.15) is 0 Å². The second kappa shape index (κ2) is 6.06. The number of hydrogen-bond donors (Lipinski definition) is 1. The molecule has 1 N–H and O–H groups in total. The molecule has 1 aromatic rings. The molecule has 19 heavy (non-hydrogen) atoms. The van der Waals surface area contributed by atoms with Gasteiger partial charge in [-0.3, -0.25) is 4.21 Å². The Bertz CT molecular complexity index is 475. The highest BCUT2D eigenvalue weighted by Gasteiger charge is 2.44. The molecule has 4 heteroatoms. The summed E-state index contributed by atoms with van der Waals surface area (Å²) in [6.45, 7) is 7.60. The van der Waals surface area contributed by atoms with E-state index in [0.717, 1.165) is 28.8 Å². The lowest BCUT2D eigenvalue weighted by atomic mass is 9.87. The van der Waals surface area contributed by atoms with E-state index in [9.17, 15) is 4.21 Å². The Balaban J connectivity index is 2.26. The van der Waals surface area contributed by atoms with E-state index in [1.807, 2.05) is 24.3 Å². The first-order valence-electron chi connectivity index (χ1n) is 6.86. The number of hydrogen-bond acceptors (Lipinski definition) is 2. The van der Waals surface area contributed by atoms with E-state index in [0.29, 0.717) is 6.04 Å². The van der Waals surface area contributed by atoms with E-state index >= 15 is 0 Å². The average Bonchev–Trinajstić information content (AvgIpc) is 2.66. The van der Waals surface area contributed by atoms with Crippen LogP contribution in [-0.2, 0) is 10.8 Å². The van der Waals surface area contributed by atoms with Crippen molar-refractivity contribution in [1.29, 1.82) is 0 Å². The van der Waals surface area contributed by atoms with Crippen LogP contribution in [0.5, 0.6) is 0 Å². The van der Waals surface area contributed by atoms with Gasteiger partial charge in [0.15, 0.2) is 0 Å². The van der Waals surface area contributed by atoms with Crippen LogP contribution in [0.3, 0.4) is 0 Å². The van der Waals surface area contributed by atoms with Crippen molar-refractivity contribution in [3.63, 3.8) is 0 Å². The molecule has 0 amide bonds. The van der Waals surface area contributed by atoms with Gasteiger partial charge >= 0.3 is 0 Å². The standard InChI is InChI=1S/C15H22BrNOS/c1-4-17-14-13(9-10-15(14,2)3)19(18)12-8-6-5-7-11(12)16/h5-8,13-14,17H,4,9-10H2,1-3H3. The van der Waals surface area contributed by atoms with Gasteiger partial charge in [0, 0.05) is 10.5 Å². The van der Waals surface area contributed by atoms with E-state index in [-0.39, 0.29) is 10.7 Å². The SMILES string of the molecule is CCNC1C(S(=O)c2ccccc2Br)CCC1(C)C. The van der Waals surface area contributed by atoms with E-state index in [1.165, 1.54) is 0 Å². The summed E-state index contributed by atoms with van der Waals surface area (Å²) < 4.78 is 13.8. The van der Waals surface area contributed by atoms with Crippen molar-refractivity contribution < 1.29 is 4.21 Å². The molecule has 1 aromatic carbocycles. The van der Waals surface area contributed by atoms with Gasteiger partial charge in [0.25, 0.3) is 0 Å². The molecule has 2 nitrogen and oxygen atoms in total. The summed E-state index contributed by atoms with van der Waals surface area (Å²) >= 11 is 3.52. The van der Waals surface area contributed by atoms with Crippen LogP contribution in [0.25, 0.3) is 0 Å². The van der Waals surface area contributed by atoms with Gasteiger partial charge in [-0.15, -0.1) is 0 Å². The molecular weight excluding hydrogens is 322 g/mol. The third-order valence-electron chi connectivity index (χ3n) is 4.04. The van der Waals surface area contributed by atoms with E-state index in [4.69, 9.17) is 0 Å². The Kier molecular flexibility index (Phi) is 4.85. The second-order valence-electron chi connectivity index (χ2n) is 5.83. The Morgan fingerprint density at radius 2 is 2.11 bits per heavy atom. The zero-order valence-electron chi connectivity index (χ0n) is 11.8. The number of halogens is 1. The molecule has 1 fully saturated rings. The van der Waals surface area contributed by atoms with Crippen molar-refractivity contribution in [3.8, 4) is 0 Å². The van der Waals surface area contributed by atoms with Crippen LogP contribution >= 0.6 is 15.9 Å². The van der Waals surface area contributed by atoms with Crippen LogP contribution in [0.2, 0.25) is 0 Å². The van der Waals surface area contributed by atoms with Gasteiger partial charge in [-0.2, -0.15) is 0 Å². The maximum Gasteiger partial charge on any atom is 0.0588 e. The summed E-state index contributed by atoms with van der Waals surface area (Å²) in [6.07, 6.45) is 2.16. The molecular formula is C15H22BrNOS. The molecule has 0 heterocycles. The minimum atomic E-state index is -0.958. The number of rotatable bonds is 4. The van der Waals surface area contributed by atoms with Crippen LogP contribution in [0.1, 0.15) is 33.6 Å². The van der Waals surface area contributed by atoms with Gasteiger partial charge in [0.2, 0.25) is 0 Å². The molecule has 2 rings (SSSR count). The number of benzene rings is 1. The molecule has 1 aliphatic carbocycles. The van der Waals surface area contributed by atoms with Crippen molar-refractivity contribution in [2.75, 3.05) is 6.54 Å². The van der Waals surface area contributed by atoms with Crippen LogP contribution in [-0.4, -0.2) is 22.0 Å². The fraction of sp³-hybridized carbons (Fsp3) is 0.600. The predicted molar refractivity (Wildman–Crippen MR) is 84.8 cm³/mol. The quantitative estimate of drug-likeness (QED) is 0.902. The molecule has 3 unspecified atom stereocenters. The van der Waals surface area contributed by atoms with Gasteiger partial charge < -0.3 is 5.32 Å². The summed E-state index contributed by atoms with van der Waals surface area (Å²) in [5.74, 6) is 0. The fourth-order valence-electron chi connectivity index (χ4n) is 2.97. The van der Waals surface area contributed by atoms with Crippen LogP contribution < -0.4 is 5.32 Å². The zero-order chi connectivity index (χ0) is 14.0. The maximum absolute atomic E-state index is 12.9. The van der Waals surface area contributed by atoms with Crippen molar-refractivity contribution in [2.45, 2.75) is 49.8 Å².